The van der Waals surface area contributed by atoms with E-state index in [0.29, 0.717) is 17.0 Å². The Morgan fingerprint density at radius 1 is 1.30 bits per heavy atom. The van der Waals surface area contributed by atoms with Gasteiger partial charge in [0.25, 0.3) is 11.8 Å². The number of amides is 1. The average molecular weight is 315 g/mol. The van der Waals surface area contributed by atoms with Gasteiger partial charge in [-0.25, -0.2) is 4.79 Å². The molecule has 1 heterocycles. The first-order valence-corrected chi connectivity index (χ1v) is 6.58. The standard InChI is InChI=1S/C15H13N3O5/c1-10-6-14(18-23-10)21-9-15(20)22-8-13(19)17-12-4-2-11(7-16)3-5-12/h2-6H,8-9H2,1H3,(H,17,19). The van der Waals surface area contributed by atoms with E-state index >= 15 is 0 Å². The summed E-state index contributed by atoms with van der Waals surface area (Å²) in [4.78, 5) is 23.1. The van der Waals surface area contributed by atoms with Crippen LogP contribution in [0.5, 0.6) is 5.88 Å². The number of esters is 1. The van der Waals surface area contributed by atoms with Crippen molar-refractivity contribution in [1.82, 2.24) is 5.16 Å². The molecule has 2 aromatic rings. The molecular formula is C15H13N3O5. The molecule has 0 saturated carbocycles. The first kappa shape index (κ1) is 16.0. The van der Waals surface area contributed by atoms with E-state index in [1.807, 2.05) is 6.07 Å². The lowest BCUT2D eigenvalue weighted by molar-refractivity contribution is -0.149. The molecule has 0 aliphatic heterocycles. The zero-order valence-electron chi connectivity index (χ0n) is 12.2. The van der Waals surface area contributed by atoms with Gasteiger partial charge in [0.05, 0.1) is 11.6 Å². The Morgan fingerprint density at radius 2 is 2.04 bits per heavy atom. The molecule has 8 nitrogen and oxygen atoms in total. The van der Waals surface area contributed by atoms with E-state index in [2.05, 4.69) is 10.5 Å². The summed E-state index contributed by atoms with van der Waals surface area (Å²) in [7, 11) is 0. The Hall–Kier alpha value is -3.34. The highest BCUT2D eigenvalue weighted by atomic mass is 16.6. The van der Waals surface area contributed by atoms with Gasteiger partial charge in [-0.3, -0.25) is 4.79 Å². The number of aryl methyl sites for hydroxylation is 1. The van der Waals surface area contributed by atoms with E-state index < -0.39 is 18.5 Å². The minimum Gasteiger partial charge on any atom is -0.463 e. The molecule has 0 spiro atoms. The van der Waals surface area contributed by atoms with Crippen LogP contribution in [0.3, 0.4) is 0 Å². The monoisotopic (exact) mass is 315 g/mol. The predicted octanol–water partition coefficient (Wildman–Crippen LogP) is 1.42. The van der Waals surface area contributed by atoms with Crippen molar-refractivity contribution in [3.63, 3.8) is 0 Å². The van der Waals surface area contributed by atoms with Crippen molar-refractivity contribution < 1.29 is 23.6 Å². The van der Waals surface area contributed by atoms with Gasteiger partial charge in [0.2, 0.25) is 0 Å². The summed E-state index contributed by atoms with van der Waals surface area (Å²) >= 11 is 0. The third-order valence-electron chi connectivity index (χ3n) is 2.61. The molecule has 0 aliphatic carbocycles. The van der Waals surface area contributed by atoms with Crippen LogP contribution in [0.25, 0.3) is 0 Å². The van der Waals surface area contributed by atoms with Crippen LogP contribution < -0.4 is 10.1 Å². The number of hydrogen-bond acceptors (Lipinski definition) is 7. The van der Waals surface area contributed by atoms with Crippen LogP contribution >= 0.6 is 0 Å². The lowest BCUT2D eigenvalue weighted by atomic mass is 10.2. The summed E-state index contributed by atoms with van der Waals surface area (Å²) in [6.07, 6.45) is 0. The maximum Gasteiger partial charge on any atom is 0.344 e. The Balaban J connectivity index is 1.70. The molecule has 1 N–H and O–H groups in total. The summed E-state index contributed by atoms with van der Waals surface area (Å²) in [5.74, 6) is -0.488. The number of carbonyl (C=O) groups is 2. The Bertz CT molecular complexity index is 730. The van der Waals surface area contributed by atoms with Crippen molar-refractivity contribution in [3.8, 4) is 11.9 Å². The highest BCUT2D eigenvalue weighted by Gasteiger charge is 2.10. The second kappa shape index (κ2) is 7.61. The summed E-state index contributed by atoms with van der Waals surface area (Å²) in [6, 6.07) is 9.77. The third-order valence-corrected chi connectivity index (χ3v) is 2.61. The van der Waals surface area contributed by atoms with Crippen LogP contribution in [0.15, 0.2) is 34.9 Å². The normalized spacial score (nSPS) is 9.74. The topological polar surface area (TPSA) is 114 Å². The first-order valence-electron chi connectivity index (χ1n) is 6.58. The molecule has 0 fully saturated rings. The molecule has 0 unspecified atom stereocenters. The van der Waals surface area contributed by atoms with Crippen LogP contribution in [0.4, 0.5) is 5.69 Å². The number of nitrogens with zero attached hydrogens (tertiary/aromatic N) is 2. The van der Waals surface area contributed by atoms with E-state index in [1.54, 1.807) is 31.2 Å². The number of aromatic nitrogens is 1. The van der Waals surface area contributed by atoms with Gasteiger partial charge >= 0.3 is 5.97 Å². The minimum atomic E-state index is -0.708. The van der Waals surface area contributed by atoms with Crippen molar-refractivity contribution in [2.75, 3.05) is 18.5 Å². The van der Waals surface area contributed by atoms with Crippen LogP contribution in [0.1, 0.15) is 11.3 Å². The second-order valence-electron chi connectivity index (χ2n) is 4.46. The van der Waals surface area contributed by atoms with Crippen LogP contribution in [0, 0.1) is 18.3 Å². The molecule has 2 rings (SSSR count). The number of benzene rings is 1. The lowest BCUT2D eigenvalue weighted by Crippen LogP contribution is -2.23. The molecule has 0 saturated heterocycles. The predicted molar refractivity (Wildman–Crippen MR) is 77.5 cm³/mol. The van der Waals surface area contributed by atoms with Gasteiger partial charge in [0.15, 0.2) is 13.2 Å². The van der Waals surface area contributed by atoms with Crippen LogP contribution in [-0.2, 0) is 14.3 Å². The molecule has 0 bridgehead atoms. The van der Waals surface area contributed by atoms with Crippen molar-refractivity contribution >= 4 is 17.6 Å². The molecule has 8 heteroatoms. The number of ether oxygens (including phenoxy) is 2. The summed E-state index contributed by atoms with van der Waals surface area (Å²) in [5, 5.41) is 14.8. The maximum atomic E-state index is 11.6. The Labute approximate surface area is 131 Å². The fraction of sp³-hybridized carbons (Fsp3) is 0.200. The van der Waals surface area contributed by atoms with Crippen molar-refractivity contribution in [1.29, 1.82) is 5.26 Å². The van der Waals surface area contributed by atoms with Gasteiger partial charge in [0.1, 0.15) is 5.76 Å². The zero-order valence-corrected chi connectivity index (χ0v) is 12.2. The first-order chi connectivity index (χ1) is 11.1. The molecule has 118 valence electrons. The second-order valence-corrected chi connectivity index (χ2v) is 4.46. The number of anilines is 1. The molecule has 23 heavy (non-hydrogen) atoms. The third kappa shape index (κ3) is 5.17. The van der Waals surface area contributed by atoms with Crippen LogP contribution in [-0.4, -0.2) is 30.2 Å². The van der Waals surface area contributed by atoms with Crippen molar-refractivity contribution in [3.05, 3.63) is 41.7 Å². The molecule has 0 aliphatic rings. The summed E-state index contributed by atoms with van der Waals surface area (Å²) < 4.78 is 14.6. The smallest absolute Gasteiger partial charge is 0.344 e. The summed E-state index contributed by atoms with van der Waals surface area (Å²) in [5.41, 5.74) is 0.981. The fourth-order valence-electron chi connectivity index (χ4n) is 1.56. The number of carbonyl (C=O) groups excluding carboxylic acids is 2. The van der Waals surface area contributed by atoms with E-state index in [-0.39, 0.29) is 12.5 Å². The van der Waals surface area contributed by atoms with Gasteiger partial charge in [0, 0.05) is 11.8 Å². The average Bonchev–Trinajstić information content (AvgIpc) is 2.97. The summed E-state index contributed by atoms with van der Waals surface area (Å²) in [6.45, 7) is 0.863. The highest BCUT2D eigenvalue weighted by molar-refractivity contribution is 5.92. The highest BCUT2D eigenvalue weighted by Crippen LogP contribution is 2.10. The zero-order chi connectivity index (χ0) is 16.7. The molecule has 0 atom stereocenters. The van der Waals surface area contributed by atoms with E-state index in [4.69, 9.17) is 19.3 Å². The van der Waals surface area contributed by atoms with Crippen LogP contribution in [0.2, 0.25) is 0 Å². The largest absolute Gasteiger partial charge is 0.463 e. The number of nitrogens with one attached hydrogen (secondary N) is 1. The van der Waals surface area contributed by atoms with E-state index in [1.165, 1.54) is 6.07 Å². The van der Waals surface area contributed by atoms with Crippen molar-refractivity contribution in [2.45, 2.75) is 6.92 Å². The number of nitriles is 1. The minimum absolute atomic E-state index is 0.168. The number of rotatable bonds is 6. The molecule has 0 radical (unpaired) electrons. The SMILES string of the molecule is Cc1cc(OCC(=O)OCC(=O)Nc2ccc(C#N)cc2)no1. The molecular weight excluding hydrogens is 302 g/mol. The number of hydrogen-bond donors (Lipinski definition) is 1. The van der Waals surface area contributed by atoms with E-state index in [9.17, 15) is 9.59 Å². The van der Waals surface area contributed by atoms with Crippen molar-refractivity contribution in [2.24, 2.45) is 0 Å². The van der Waals surface area contributed by atoms with Gasteiger partial charge in [-0.05, 0) is 36.3 Å². The molecule has 1 aromatic heterocycles. The van der Waals surface area contributed by atoms with Gasteiger partial charge in [-0.1, -0.05) is 0 Å². The van der Waals surface area contributed by atoms with Gasteiger partial charge in [-0.2, -0.15) is 5.26 Å². The lowest BCUT2D eigenvalue weighted by Gasteiger charge is -2.06. The Kier molecular flexibility index (Phi) is 5.30. The molecule has 1 aromatic carbocycles. The quantitative estimate of drug-likeness (QED) is 0.801. The molecule has 1 amide bonds. The Morgan fingerprint density at radius 3 is 2.65 bits per heavy atom. The van der Waals surface area contributed by atoms with Gasteiger partial charge in [-0.15, -0.1) is 0 Å². The van der Waals surface area contributed by atoms with Gasteiger partial charge < -0.3 is 19.3 Å². The maximum absolute atomic E-state index is 11.6. The van der Waals surface area contributed by atoms with E-state index in [0.717, 1.165) is 0 Å². The fourth-order valence-corrected chi connectivity index (χ4v) is 1.56.